The minimum absolute atomic E-state index is 0.115. The van der Waals surface area contributed by atoms with Gasteiger partial charge in [-0.25, -0.2) is 9.78 Å². The van der Waals surface area contributed by atoms with E-state index in [1.165, 1.54) is 11.3 Å². The number of carbonyl (C=O) groups is 1. The van der Waals surface area contributed by atoms with Crippen molar-refractivity contribution >= 4 is 22.6 Å². The van der Waals surface area contributed by atoms with Crippen molar-refractivity contribution in [1.82, 2.24) is 4.98 Å². The Morgan fingerprint density at radius 2 is 2.16 bits per heavy atom. The van der Waals surface area contributed by atoms with Crippen LogP contribution in [0.4, 0.5) is 9.93 Å². The summed E-state index contributed by atoms with van der Waals surface area (Å²) in [6.45, 7) is 7.49. The first-order valence-corrected chi connectivity index (χ1v) is 7.16. The van der Waals surface area contributed by atoms with Gasteiger partial charge in [0, 0.05) is 10.3 Å². The third-order valence-electron chi connectivity index (χ3n) is 3.04. The Morgan fingerprint density at radius 3 is 2.63 bits per heavy atom. The van der Waals surface area contributed by atoms with Gasteiger partial charge in [-0.1, -0.05) is 0 Å². The summed E-state index contributed by atoms with van der Waals surface area (Å²) in [7, 11) is 0. The first-order valence-electron chi connectivity index (χ1n) is 6.34. The molecular formula is C13H20N2O3S. The zero-order valence-corrected chi connectivity index (χ0v) is 12.6. The van der Waals surface area contributed by atoms with Crippen LogP contribution in [0.1, 0.15) is 44.2 Å². The van der Waals surface area contributed by atoms with Crippen molar-refractivity contribution in [2.75, 3.05) is 11.9 Å². The highest BCUT2D eigenvalue weighted by atomic mass is 32.1. The fraction of sp³-hybridized carbons (Fsp3) is 0.692. The molecule has 1 aromatic heterocycles. The Kier molecular flexibility index (Phi) is 3.57. The average molecular weight is 284 g/mol. The molecule has 19 heavy (non-hydrogen) atoms. The van der Waals surface area contributed by atoms with E-state index in [0.717, 1.165) is 23.4 Å². The Morgan fingerprint density at radius 1 is 1.53 bits per heavy atom. The Bertz CT molecular complexity index is 487. The lowest BCUT2D eigenvalue weighted by atomic mass is 10.1. The molecule has 1 fully saturated rings. The van der Waals surface area contributed by atoms with Gasteiger partial charge in [0.05, 0.1) is 12.3 Å². The largest absolute Gasteiger partial charge is 0.444 e. The molecule has 0 atom stereocenters. The second kappa shape index (κ2) is 4.76. The van der Waals surface area contributed by atoms with Crippen LogP contribution in [0.2, 0.25) is 0 Å². The van der Waals surface area contributed by atoms with E-state index in [9.17, 15) is 9.90 Å². The van der Waals surface area contributed by atoms with Gasteiger partial charge in [0.2, 0.25) is 0 Å². The summed E-state index contributed by atoms with van der Waals surface area (Å²) < 4.78 is 5.19. The van der Waals surface area contributed by atoms with E-state index in [0.29, 0.717) is 5.13 Å². The van der Waals surface area contributed by atoms with Crippen molar-refractivity contribution in [3.63, 3.8) is 0 Å². The van der Waals surface area contributed by atoms with Crippen LogP contribution < -0.4 is 5.32 Å². The standard InChI is InChI=1S/C13H20N2O3S/c1-8-9(13(7-16)5-6-13)19-10(14-8)15-11(17)18-12(2,3)4/h16H,5-7H2,1-4H3,(H,14,15,17). The molecule has 0 unspecified atom stereocenters. The number of hydrogen-bond acceptors (Lipinski definition) is 5. The van der Waals surface area contributed by atoms with E-state index in [1.54, 1.807) is 0 Å². The van der Waals surface area contributed by atoms with E-state index in [-0.39, 0.29) is 12.0 Å². The molecule has 1 saturated carbocycles. The van der Waals surface area contributed by atoms with Gasteiger partial charge in [0.15, 0.2) is 5.13 Å². The van der Waals surface area contributed by atoms with Gasteiger partial charge in [-0.3, -0.25) is 5.32 Å². The molecule has 2 N–H and O–H groups in total. The second-order valence-corrected chi connectivity index (χ2v) is 7.00. The third kappa shape index (κ3) is 3.25. The number of ether oxygens (including phenoxy) is 1. The molecule has 1 amide bonds. The molecule has 0 saturated heterocycles. The molecule has 1 aromatic rings. The fourth-order valence-corrected chi connectivity index (χ4v) is 3.13. The van der Waals surface area contributed by atoms with Gasteiger partial charge in [0.25, 0.3) is 0 Å². The molecule has 0 spiro atoms. The van der Waals surface area contributed by atoms with Gasteiger partial charge < -0.3 is 9.84 Å². The molecule has 1 aliphatic carbocycles. The fourth-order valence-electron chi connectivity index (χ4n) is 1.94. The van der Waals surface area contributed by atoms with Crippen LogP contribution in [-0.4, -0.2) is 28.4 Å². The van der Waals surface area contributed by atoms with E-state index < -0.39 is 11.7 Å². The second-order valence-electron chi connectivity index (χ2n) is 6.00. The molecule has 0 radical (unpaired) electrons. The number of thiazole rings is 1. The quantitative estimate of drug-likeness (QED) is 0.895. The van der Waals surface area contributed by atoms with Crippen molar-refractivity contribution in [2.45, 2.75) is 51.6 Å². The number of anilines is 1. The number of rotatable bonds is 3. The van der Waals surface area contributed by atoms with Crippen LogP contribution in [-0.2, 0) is 10.2 Å². The maximum Gasteiger partial charge on any atom is 0.413 e. The van der Waals surface area contributed by atoms with E-state index >= 15 is 0 Å². The van der Waals surface area contributed by atoms with Crippen LogP contribution in [0.5, 0.6) is 0 Å². The zero-order valence-electron chi connectivity index (χ0n) is 11.7. The monoisotopic (exact) mass is 284 g/mol. The van der Waals surface area contributed by atoms with Crippen molar-refractivity contribution < 1.29 is 14.6 Å². The molecule has 0 aromatic carbocycles. The molecule has 2 rings (SSSR count). The smallest absolute Gasteiger partial charge is 0.413 e. The minimum atomic E-state index is -0.526. The normalized spacial score (nSPS) is 17.1. The van der Waals surface area contributed by atoms with Gasteiger partial charge in [-0.05, 0) is 40.5 Å². The Balaban J connectivity index is 2.07. The summed E-state index contributed by atoms with van der Waals surface area (Å²) in [5, 5.41) is 12.6. The number of aliphatic hydroxyl groups excluding tert-OH is 1. The number of carbonyl (C=O) groups excluding carboxylic acids is 1. The summed E-state index contributed by atoms with van der Waals surface area (Å²) in [6, 6.07) is 0. The van der Waals surface area contributed by atoms with Crippen LogP contribution in [0.25, 0.3) is 0 Å². The number of aromatic nitrogens is 1. The number of amides is 1. The van der Waals surface area contributed by atoms with Crippen LogP contribution in [0.15, 0.2) is 0 Å². The van der Waals surface area contributed by atoms with Crippen LogP contribution in [0, 0.1) is 6.92 Å². The summed E-state index contributed by atoms with van der Waals surface area (Å²) in [5.41, 5.74) is 0.236. The lowest BCUT2D eigenvalue weighted by Crippen LogP contribution is -2.27. The molecule has 0 aliphatic heterocycles. The summed E-state index contributed by atoms with van der Waals surface area (Å²) in [4.78, 5) is 17.1. The number of nitrogens with one attached hydrogen (secondary N) is 1. The van der Waals surface area contributed by atoms with E-state index in [2.05, 4.69) is 10.3 Å². The lowest BCUT2D eigenvalue weighted by Gasteiger charge is -2.18. The molecule has 5 nitrogen and oxygen atoms in total. The maximum atomic E-state index is 11.7. The highest BCUT2D eigenvalue weighted by molar-refractivity contribution is 7.16. The lowest BCUT2D eigenvalue weighted by molar-refractivity contribution is 0.0636. The molecule has 0 bridgehead atoms. The number of hydrogen-bond donors (Lipinski definition) is 2. The molecule has 1 aliphatic rings. The summed E-state index contributed by atoms with van der Waals surface area (Å²) in [5.74, 6) is 0. The van der Waals surface area contributed by atoms with Crippen molar-refractivity contribution in [2.24, 2.45) is 0 Å². The number of aryl methyl sites for hydroxylation is 1. The van der Waals surface area contributed by atoms with Crippen molar-refractivity contribution in [3.05, 3.63) is 10.6 Å². The topological polar surface area (TPSA) is 71.5 Å². The summed E-state index contributed by atoms with van der Waals surface area (Å²) >= 11 is 1.42. The third-order valence-corrected chi connectivity index (χ3v) is 4.36. The van der Waals surface area contributed by atoms with Gasteiger partial charge >= 0.3 is 6.09 Å². The van der Waals surface area contributed by atoms with Crippen LogP contribution in [0.3, 0.4) is 0 Å². The highest BCUT2D eigenvalue weighted by Gasteiger charge is 2.46. The average Bonchev–Trinajstić information content (AvgIpc) is 2.96. The van der Waals surface area contributed by atoms with Crippen molar-refractivity contribution in [1.29, 1.82) is 0 Å². The number of nitrogens with zero attached hydrogens (tertiary/aromatic N) is 1. The SMILES string of the molecule is Cc1nc(NC(=O)OC(C)(C)C)sc1C1(CO)CC1. The molecular weight excluding hydrogens is 264 g/mol. The Labute approximate surface area is 117 Å². The minimum Gasteiger partial charge on any atom is -0.444 e. The predicted octanol–water partition coefficient (Wildman–Crippen LogP) is 2.82. The van der Waals surface area contributed by atoms with Crippen LogP contribution >= 0.6 is 11.3 Å². The molecule has 1 heterocycles. The van der Waals surface area contributed by atoms with E-state index in [4.69, 9.17) is 4.74 Å². The van der Waals surface area contributed by atoms with E-state index in [1.807, 2.05) is 27.7 Å². The zero-order chi connectivity index (χ0) is 14.3. The summed E-state index contributed by atoms with van der Waals surface area (Å²) in [6.07, 6.45) is 1.47. The van der Waals surface area contributed by atoms with Crippen molar-refractivity contribution in [3.8, 4) is 0 Å². The maximum absolute atomic E-state index is 11.7. The molecule has 6 heteroatoms. The molecule has 106 valence electrons. The van der Waals surface area contributed by atoms with Gasteiger partial charge in [-0.2, -0.15) is 0 Å². The first kappa shape index (κ1) is 14.3. The van der Waals surface area contributed by atoms with Gasteiger partial charge in [-0.15, -0.1) is 11.3 Å². The number of aliphatic hydroxyl groups is 1. The van der Waals surface area contributed by atoms with Gasteiger partial charge in [0.1, 0.15) is 5.60 Å². The predicted molar refractivity (Wildman–Crippen MR) is 74.7 cm³/mol. The highest BCUT2D eigenvalue weighted by Crippen LogP contribution is 2.51. The first-order chi connectivity index (χ1) is 8.76. The Hall–Kier alpha value is -1.14.